The number of anilines is 1. The second-order valence-electron chi connectivity index (χ2n) is 11.0. The van der Waals surface area contributed by atoms with Crippen LogP contribution < -0.4 is 19.1 Å². The Hall–Kier alpha value is -4.35. The summed E-state index contributed by atoms with van der Waals surface area (Å²) in [7, 11) is -1.42. The van der Waals surface area contributed by atoms with E-state index in [0.29, 0.717) is 24.4 Å². The Bertz CT molecular complexity index is 1770. The molecule has 0 aliphatic carbocycles. The lowest BCUT2D eigenvalue weighted by Crippen LogP contribution is -2.53. The van der Waals surface area contributed by atoms with Crippen LogP contribution in [0.1, 0.15) is 30.0 Å². The molecule has 4 rings (SSSR count). The molecule has 0 fully saturated rings. The van der Waals surface area contributed by atoms with Crippen LogP contribution in [-0.2, 0) is 32.6 Å². The zero-order valence-corrected chi connectivity index (χ0v) is 29.4. The predicted molar refractivity (Wildman–Crippen MR) is 187 cm³/mol. The number of carbonyl (C=O) groups is 2. The molecule has 0 heterocycles. The number of hydrogen-bond donors (Lipinski definition) is 1. The molecule has 0 radical (unpaired) electrons. The third kappa shape index (κ3) is 9.14. The first kappa shape index (κ1) is 35.5. The van der Waals surface area contributed by atoms with Gasteiger partial charge in [-0.3, -0.25) is 13.9 Å². The summed E-state index contributed by atoms with van der Waals surface area (Å²) in [5.74, 6) is -0.257. The summed E-state index contributed by atoms with van der Waals surface area (Å²) in [6, 6.07) is 27.2. The van der Waals surface area contributed by atoms with Gasteiger partial charge in [0.15, 0.2) is 11.5 Å². The van der Waals surface area contributed by atoms with E-state index in [4.69, 9.17) is 9.47 Å². The number of benzene rings is 4. The van der Waals surface area contributed by atoms with Crippen molar-refractivity contribution in [3.8, 4) is 11.5 Å². The summed E-state index contributed by atoms with van der Waals surface area (Å²) >= 11 is 3.50. The van der Waals surface area contributed by atoms with Gasteiger partial charge in [-0.05, 0) is 60.9 Å². The number of sulfonamides is 1. The average Bonchev–Trinajstić information content (AvgIpc) is 3.08. The van der Waals surface area contributed by atoms with Crippen LogP contribution in [-0.4, -0.2) is 58.5 Å². The van der Waals surface area contributed by atoms with Gasteiger partial charge in [-0.2, -0.15) is 0 Å². The summed E-state index contributed by atoms with van der Waals surface area (Å²) in [6.45, 7) is 3.81. The summed E-state index contributed by atoms with van der Waals surface area (Å²) in [6.07, 6.45) is 0.956. The van der Waals surface area contributed by atoms with Crippen LogP contribution in [0.5, 0.6) is 11.5 Å². The zero-order chi connectivity index (χ0) is 34.0. The summed E-state index contributed by atoms with van der Waals surface area (Å²) < 4.78 is 41.3. The second-order valence-corrected chi connectivity index (χ2v) is 13.8. The van der Waals surface area contributed by atoms with Crippen molar-refractivity contribution in [2.45, 2.75) is 44.2 Å². The van der Waals surface area contributed by atoms with E-state index in [-0.39, 0.29) is 29.5 Å². The molecule has 1 N–H and O–H groups in total. The van der Waals surface area contributed by atoms with E-state index in [2.05, 4.69) is 21.2 Å². The number of aryl methyl sites for hydroxylation is 1. The van der Waals surface area contributed by atoms with Crippen molar-refractivity contribution < 1.29 is 27.5 Å². The first-order valence-electron chi connectivity index (χ1n) is 15.2. The van der Waals surface area contributed by atoms with Crippen LogP contribution in [0.2, 0.25) is 0 Å². The van der Waals surface area contributed by atoms with Crippen molar-refractivity contribution in [3.63, 3.8) is 0 Å². The summed E-state index contributed by atoms with van der Waals surface area (Å²) in [4.78, 5) is 29.8. The number of halogens is 1. The van der Waals surface area contributed by atoms with Crippen LogP contribution in [0.4, 0.5) is 5.69 Å². The van der Waals surface area contributed by atoms with Gasteiger partial charge in [0.05, 0.1) is 24.8 Å². The molecule has 11 heteroatoms. The molecule has 0 saturated heterocycles. The van der Waals surface area contributed by atoms with E-state index in [1.807, 2.05) is 68.4 Å². The topological polar surface area (TPSA) is 105 Å². The summed E-state index contributed by atoms with van der Waals surface area (Å²) in [5, 5.41) is 2.96. The molecule has 0 spiro atoms. The minimum Gasteiger partial charge on any atom is -0.493 e. The number of ether oxygens (including phenoxy) is 2. The van der Waals surface area contributed by atoms with E-state index in [0.717, 1.165) is 25.5 Å². The molecule has 1 atom stereocenters. The Morgan fingerprint density at radius 3 is 2.17 bits per heavy atom. The lowest BCUT2D eigenvalue weighted by atomic mass is 10.0. The first-order valence-corrected chi connectivity index (χ1v) is 17.5. The molecule has 248 valence electrons. The van der Waals surface area contributed by atoms with Gasteiger partial charge < -0.3 is 19.7 Å². The SMILES string of the molecule is CCCNC(=O)[C@H](Cc1ccccc1)N(Cc1cccc(Br)c1)C(=O)CN(c1ccc(C)cc1)S(=O)(=O)c1ccc(OC)c(OC)c1. The fourth-order valence-corrected chi connectivity index (χ4v) is 6.97. The molecule has 0 bridgehead atoms. The molecule has 0 aliphatic rings. The highest BCUT2D eigenvalue weighted by atomic mass is 79.9. The monoisotopic (exact) mass is 721 g/mol. The van der Waals surface area contributed by atoms with E-state index in [1.54, 1.807) is 24.3 Å². The Kier molecular flexibility index (Phi) is 12.4. The number of amides is 2. The number of carbonyl (C=O) groups excluding carboxylic acids is 2. The van der Waals surface area contributed by atoms with Crippen LogP contribution in [0.3, 0.4) is 0 Å². The molecule has 4 aromatic carbocycles. The molecule has 9 nitrogen and oxygen atoms in total. The normalized spacial score (nSPS) is 11.8. The standard InChI is InChI=1S/C36H40BrN3O6S/c1-5-20-38-36(42)32(22-27-10-7-6-8-11-27)39(24-28-12-9-13-29(37)21-28)35(41)25-40(30-16-14-26(2)15-17-30)47(43,44)31-18-19-33(45-3)34(23-31)46-4/h6-19,21,23,32H,5,20,22,24-25H2,1-4H3,(H,38,42)/t32-/m0/s1. The molecule has 0 aromatic heterocycles. The van der Waals surface area contributed by atoms with Crippen molar-refractivity contribution in [1.29, 1.82) is 0 Å². The Morgan fingerprint density at radius 1 is 0.851 bits per heavy atom. The molecule has 0 saturated carbocycles. The van der Waals surface area contributed by atoms with E-state index in [1.165, 1.54) is 37.3 Å². The number of hydrogen-bond acceptors (Lipinski definition) is 6. The number of nitrogens with zero attached hydrogens (tertiary/aromatic N) is 2. The highest BCUT2D eigenvalue weighted by Crippen LogP contribution is 2.32. The predicted octanol–water partition coefficient (Wildman–Crippen LogP) is 6.14. The van der Waals surface area contributed by atoms with Crippen LogP contribution in [0.15, 0.2) is 106 Å². The number of rotatable bonds is 15. The third-order valence-corrected chi connectivity index (χ3v) is 9.87. The number of methoxy groups -OCH3 is 2. The third-order valence-electron chi connectivity index (χ3n) is 7.61. The summed E-state index contributed by atoms with van der Waals surface area (Å²) in [5.41, 5.74) is 2.87. The van der Waals surface area contributed by atoms with E-state index in [9.17, 15) is 18.0 Å². The van der Waals surface area contributed by atoms with Crippen molar-refractivity contribution in [3.05, 3.63) is 118 Å². The highest BCUT2D eigenvalue weighted by Gasteiger charge is 2.35. The molecule has 2 amide bonds. The molecule has 0 aliphatic heterocycles. The van der Waals surface area contributed by atoms with Gasteiger partial charge in [-0.1, -0.05) is 83.0 Å². The van der Waals surface area contributed by atoms with Crippen molar-refractivity contribution in [1.82, 2.24) is 10.2 Å². The van der Waals surface area contributed by atoms with Gasteiger partial charge in [-0.25, -0.2) is 8.42 Å². The molecular formula is C36H40BrN3O6S. The van der Waals surface area contributed by atoms with Crippen molar-refractivity contribution in [2.75, 3.05) is 31.6 Å². The fraction of sp³-hybridized carbons (Fsp3) is 0.278. The van der Waals surface area contributed by atoms with Crippen LogP contribution in [0, 0.1) is 6.92 Å². The Labute approximate surface area is 285 Å². The lowest BCUT2D eigenvalue weighted by molar-refractivity contribution is -0.140. The Balaban J connectivity index is 1.82. The second kappa shape index (κ2) is 16.5. The van der Waals surface area contributed by atoms with Crippen molar-refractivity contribution in [2.24, 2.45) is 0 Å². The maximum atomic E-state index is 14.6. The van der Waals surface area contributed by atoms with E-state index < -0.39 is 28.5 Å². The van der Waals surface area contributed by atoms with Crippen LogP contribution >= 0.6 is 15.9 Å². The lowest BCUT2D eigenvalue weighted by Gasteiger charge is -2.34. The van der Waals surface area contributed by atoms with Gasteiger partial charge in [0, 0.05) is 30.0 Å². The minimum atomic E-state index is -4.31. The average molecular weight is 723 g/mol. The largest absolute Gasteiger partial charge is 0.493 e. The van der Waals surface area contributed by atoms with Gasteiger partial charge in [0.25, 0.3) is 10.0 Å². The fourth-order valence-electron chi connectivity index (χ4n) is 5.10. The molecule has 47 heavy (non-hydrogen) atoms. The highest BCUT2D eigenvalue weighted by molar-refractivity contribution is 9.10. The quantitative estimate of drug-likeness (QED) is 0.158. The zero-order valence-electron chi connectivity index (χ0n) is 27.0. The Morgan fingerprint density at radius 2 is 1.53 bits per heavy atom. The number of nitrogens with one attached hydrogen (secondary N) is 1. The van der Waals surface area contributed by atoms with Gasteiger partial charge >= 0.3 is 0 Å². The van der Waals surface area contributed by atoms with E-state index >= 15 is 0 Å². The smallest absolute Gasteiger partial charge is 0.264 e. The van der Waals surface area contributed by atoms with Crippen molar-refractivity contribution >= 4 is 43.5 Å². The molecule has 4 aromatic rings. The van der Waals surface area contributed by atoms with Gasteiger partial charge in [0.1, 0.15) is 12.6 Å². The maximum absolute atomic E-state index is 14.6. The maximum Gasteiger partial charge on any atom is 0.264 e. The van der Waals surface area contributed by atoms with Gasteiger partial charge in [0.2, 0.25) is 11.8 Å². The minimum absolute atomic E-state index is 0.0768. The molecular weight excluding hydrogens is 682 g/mol. The van der Waals surface area contributed by atoms with Gasteiger partial charge in [-0.15, -0.1) is 0 Å². The first-order chi connectivity index (χ1) is 22.6. The molecule has 0 unspecified atom stereocenters. The van der Waals surface area contributed by atoms with Crippen LogP contribution in [0.25, 0.3) is 0 Å².